The molecule has 0 aromatic heterocycles. The van der Waals surface area contributed by atoms with E-state index in [4.69, 9.17) is 4.74 Å². The molecule has 2 aromatic rings. The van der Waals surface area contributed by atoms with Crippen LogP contribution >= 0.6 is 0 Å². The Morgan fingerprint density at radius 3 is 2.17 bits per heavy atom. The van der Waals surface area contributed by atoms with Gasteiger partial charge in [-0.15, -0.1) is 0 Å². The van der Waals surface area contributed by atoms with Crippen LogP contribution < -0.4 is 4.74 Å². The predicted octanol–water partition coefficient (Wildman–Crippen LogP) is 3.48. The fourth-order valence-electron chi connectivity index (χ4n) is 2.24. The van der Waals surface area contributed by atoms with Crippen molar-refractivity contribution in [1.29, 1.82) is 0 Å². The molecule has 0 saturated carbocycles. The molecule has 0 spiro atoms. The highest BCUT2D eigenvalue weighted by molar-refractivity contribution is 5.91. The second-order valence-corrected chi connectivity index (χ2v) is 5.17. The maximum atomic E-state index is 11.8. The molecular formula is C18H15NO4. The maximum absolute atomic E-state index is 11.8. The number of carbonyl (C=O) groups excluding carboxylic acids is 1. The zero-order valence-corrected chi connectivity index (χ0v) is 13.0. The summed E-state index contributed by atoms with van der Waals surface area (Å²) in [7, 11) is 0. The molecule has 2 aromatic carbocycles. The Balaban J connectivity index is 2.13. The highest BCUT2D eigenvalue weighted by atomic mass is 16.6. The van der Waals surface area contributed by atoms with Crippen LogP contribution in [0.3, 0.4) is 0 Å². The molecular weight excluding hydrogens is 294 g/mol. The number of ether oxygens (including phenoxy) is 1. The van der Waals surface area contributed by atoms with Gasteiger partial charge in [-0.3, -0.25) is 10.1 Å². The first-order chi connectivity index (χ1) is 10.9. The second kappa shape index (κ2) is 6.75. The van der Waals surface area contributed by atoms with Gasteiger partial charge in [-0.2, -0.15) is 0 Å². The van der Waals surface area contributed by atoms with E-state index in [0.717, 1.165) is 16.7 Å². The van der Waals surface area contributed by atoms with Gasteiger partial charge in [0.05, 0.1) is 4.92 Å². The summed E-state index contributed by atoms with van der Waals surface area (Å²) in [5.74, 6) is 4.86. The van der Waals surface area contributed by atoms with Crippen LogP contribution in [0.1, 0.15) is 22.3 Å². The first-order valence-electron chi connectivity index (χ1n) is 6.93. The van der Waals surface area contributed by atoms with Gasteiger partial charge in [0.2, 0.25) is 0 Å². The molecule has 0 aliphatic rings. The minimum absolute atomic E-state index is 0.0240. The molecule has 0 saturated heterocycles. The average molecular weight is 309 g/mol. The molecule has 0 radical (unpaired) electrons. The molecule has 0 aliphatic carbocycles. The van der Waals surface area contributed by atoms with Crippen molar-refractivity contribution < 1.29 is 14.5 Å². The molecule has 2 rings (SSSR count). The lowest BCUT2D eigenvalue weighted by Crippen LogP contribution is -2.07. The van der Waals surface area contributed by atoms with Crippen molar-refractivity contribution in [3.8, 4) is 17.6 Å². The van der Waals surface area contributed by atoms with Crippen LogP contribution in [-0.4, -0.2) is 10.9 Å². The summed E-state index contributed by atoms with van der Waals surface area (Å²) < 4.78 is 5.29. The Morgan fingerprint density at radius 2 is 1.65 bits per heavy atom. The van der Waals surface area contributed by atoms with E-state index in [9.17, 15) is 14.9 Å². The third kappa shape index (κ3) is 4.17. The van der Waals surface area contributed by atoms with Crippen molar-refractivity contribution in [1.82, 2.24) is 0 Å². The number of hydrogen-bond donors (Lipinski definition) is 0. The Labute approximate surface area is 134 Å². The third-order valence-corrected chi connectivity index (χ3v) is 3.19. The number of nitro benzene ring substituents is 1. The van der Waals surface area contributed by atoms with Gasteiger partial charge in [-0.1, -0.05) is 23.6 Å². The molecule has 0 amide bonds. The van der Waals surface area contributed by atoms with E-state index >= 15 is 0 Å². The number of nitro groups is 1. The van der Waals surface area contributed by atoms with E-state index in [2.05, 4.69) is 11.8 Å². The summed E-state index contributed by atoms with van der Waals surface area (Å²) in [6.45, 7) is 5.71. The van der Waals surface area contributed by atoms with E-state index in [0.29, 0.717) is 11.3 Å². The van der Waals surface area contributed by atoms with Gasteiger partial charge in [0.25, 0.3) is 5.69 Å². The molecule has 0 heterocycles. The van der Waals surface area contributed by atoms with Crippen molar-refractivity contribution >= 4 is 11.7 Å². The fourth-order valence-corrected chi connectivity index (χ4v) is 2.24. The smallest absolute Gasteiger partial charge is 0.390 e. The van der Waals surface area contributed by atoms with Crippen LogP contribution in [0.4, 0.5) is 5.69 Å². The van der Waals surface area contributed by atoms with Crippen LogP contribution in [0.5, 0.6) is 5.75 Å². The van der Waals surface area contributed by atoms with E-state index in [-0.39, 0.29) is 5.69 Å². The van der Waals surface area contributed by atoms with Gasteiger partial charge >= 0.3 is 5.97 Å². The summed E-state index contributed by atoms with van der Waals surface area (Å²) in [5.41, 5.74) is 3.31. The number of benzene rings is 2. The molecule has 0 unspecified atom stereocenters. The summed E-state index contributed by atoms with van der Waals surface area (Å²) in [5, 5.41) is 10.6. The zero-order valence-electron chi connectivity index (χ0n) is 13.0. The minimum atomic E-state index is -0.668. The Kier molecular flexibility index (Phi) is 4.77. The van der Waals surface area contributed by atoms with Gasteiger partial charge in [0.15, 0.2) is 0 Å². The Morgan fingerprint density at radius 1 is 1.09 bits per heavy atom. The molecule has 0 N–H and O–H groups in total. The van der Waals surface area contributed by atoms with Crippen molar-refractivity contribution in [2.24, 2.45) is 0 Å². The predicted molar refractivity (Wildman–Crippen MR) is 86.3 cm³/mol. The molecule has 5 nitrogen and oxygen atoms in total. The quantitative estimate of drug-likeness (QED) is 0.280. The summed E-state index contributed by atoms with van der Waals surface area (Å²) in [6, 6.07) is 9.51. The number of rotatable bonds is 2. The van der Waals surface area contributed by atoms with Gasteiger partial charge in [0, 0.05) is 23.6 Å². The largest absolute Gasteiger partial charge is 0.416 e. The first-order valence-corrected chi connectivity index (χ1v) is 6.93. The van der Waals surface area contributed by atoms with E-state index in [1.165, 1.54) is 24.3 Å². The topological polar surface area (TPSA) is 69.4 Å². The lowest BCUT2D eigenvalue weighted by atomic mass is 10.1. The summed E-state index contributed by atoms with van der Waals surface area (Å²) in [4.78, 5) is 21.9. The highest BCUT2D eigenvalue weighted by Crippen LogP contribution is 2.24. The molecule has 0 fully saturated rings. The zero-order chi connectivity index (χ0) is 17.0. The van der Waals surface area contributed by atoms with Crippen LogP contribution in [-0.2, 0) is 4.79 Å². The number of hydrogen-bond acceptors (Lipinski definition) is 4. The number of carbonyl (C=O) groups is 1. The van der Waals surface area contributed by atoms with E-state index < -0.39 is 10.9 Å². The van der Waals surface area contributed by atoms with Gasteiger partial charge in [-0.25, -0.2) is 4.79 Å². The third-order valence-electron chi connectivity index (χ3n) is 3.19. The summed E-state index contributed by atoms with van der Waals surface area (Å²) >= 11 is 0. The van der Waals surface area contributed by atoms with Crippen LogP contribution in [0, 0.1) is 42.7 Å². The van der Waals surface area contributed by atoms with Gasteiger partial charge < -0.3 is 4.74 Å². The molecule has 116 valence electrons. The minimum Gasteiger partial charge on any atom is -0.416 e. The van der Waals surface area contributed by atoms with Crippen LogP contribution in [0.15, 0.2) is 36.4 Å². The summed E-state index contributed by atoms with van der Waals surface area (Å²) in [6.07, 6.45) is 0. The van der Waals surface area contributed by atoms with E-state index in [1.54, 1.807) is 0 Å². The lowest BCUT2D eigenvalue weighted by molar-refractivity contribution is -0.384. The molecule has 0 atom stereocenters. The molecule has 0 aliphatic heterocycles. The van der Waals surface area contributed by atoms with Crippen molar-refractivity contribution in [3.05, 3.63) is 68.8 Å². The van der Waals surface area contributed by atoms with Crippen molar-refractivity contribution in [2.75, 3.05) is 0 Å². The normalized spacial score (nSPS) is 9.70. The number of nitrogens with zero attached hydrogens (tertiary/aromatic N) is 1. The van der Waals surface area contributed by atoms with Gasteiger partial charge in [0.1, 0.15) is 5.75 Å². The number of non-ortho nitro benzene ring substituents is 1. The Hall–Kier alpha value is -3.13. The molecule has 0 bridgehead atoms. The highest BCUT2D eigenvalue weighted by Gasteiger charge is 2.09. The maximum Gasteiger partial charge on any atom is 0.390 e. The lowest BCUT2D eigenvalue weighted by Gasteiger charge is -2.09. The van der Waals surface area contributed by atoms with Crippen molar-refractivity contribution in [3.63, 3.8) is 0 Å². The Bertz CT molecular complexity index is 803. The van der Waals surface area contributed by atoms with Crippen molar-refractivity contribution in [2.45, 2.75) is 20.8 Å². The van der Waals surface area contributed by atoms with Gasteiger partial charge in [-0.05, 0) is 44.0 Å². The van der Waals surface area contributed by atoms with Crippen LogP contribution in [0.2, 0.25) is 0 Å². The van der Waals surface area contributed by atoms with E-state index in [1.807, 2.05) is 32.9 Å². The molecule has 5 heteroatoms. The molecule has 23 heavy (non-hydrogen) atoms. The monoisotopic (exact) mass is 309 g/mol. The SMILES string of the molecule is Cc1cc(C)c(OC(=O)C#Cc2ccc([N+](=O)[O-])cc2)c(C)c1. The first kappa shape index (κ1) is 16.2. The standard InChI is InChI=1S/C18H15NO4/c1-12-10-13(2)18(14(3)11-12)23-17(20)9-6-15-4-7-16(8-5-15)19(21)22/h4-5,7-8,10-11H,1-3H3. The average Bonchev–Trinajstić information content (AvgIpc) is 2.49. The fraction of sp³-hybridized carbons (Fsp3) is 0.167. The second-order valence-electron chi connectivity index (χ2n) is 5.17. The van der Waals surface area contributed by atoms with Crippen LogP contribution in [0.25, 0.3) is 0 Å². The number of esters is 1. The number of aryl methyl sites for hydroxylation is 3.